The normalized spacial score (nSPS) is 10.2. The van der Waals surface area contributed by atoms with E-state index >= 15 is 0 Å². The molecule has 0 saturated heterocycles. The Bertz CT molecular complexity index is 722. The molecule has 0 aliphatic heterocycles. The number of aromatic nitrogens is 2. The molecule has 0 aliphatic rings. The van der Waals surface area contributed by atoms with Gasteiger partial charge in [-0.2, -0.15) is 0 Å². The van der Waals surface area contributed by atoms with Gasteiger partial charge in [0.05, 0.1) is 39.1 Å². The smallest absolute Gasteiger partial charge is 0.230 e. The maximum atomic E-state index is 12.3. The number of benzene rings is 1. The van der Waals surface area contributed by atoms with Crippen molar-refractivity contribution in [2.75, 3.05) is 26.6 Å². The third kappa shape index (κ3) is 3.92. The van der Waals surface area contributed by atoms with Crippen LogP contribution in [0.25, 0.3) is 0 Å². The molecule has 1 aromatic carbocycles. The summed E-state index contributed by atoms with van der Waals surface area (Å²) in [6.45, 7) is 3.61. The van der Waals surface area contributed by atoms with Gasteiger partial charge in [-0.25, -0.2) is 4.98 Å². The van der Waals surface area contributed by atoms with Crippen molar-refractivity contribution in [1.29, 1.82) is 0 Å². The van der Waals surface area contributed by atoms with Crippen LogP contribution in [0.4, 0.5) is 5.82 Å². The predicted molar refractivity (Wildman–Crippen MR) is 89.9 cm³/mol. The maximum Gasteiger partial charge on any atom is 0.230 e. The first-order valence-corrected chi connectivity index (χ1v) is 7.37. The van der Waals surface area contributed by atoms with Gasteiger partial charge in [0.25, 0.3) is 0 Å². The molecule has 1 heterocycles. The third-order valence-electron chi connectivity index (χ3n) is 3.42. The molecule has 0 saturated carbocycles. The minimum absolute atomic E-state index is 0.145. The first-order valence-electron chi connectivity index (χ1n) is 7.37. The quantitative estimate of drug-likeness (QED) is 0.874. The van der Waals surface area contributed by atoms with Gasteiger partial charge in [0.15, 0.2) is 17.3 Å². The fourth-order valence-electron chi connectivity index (χ4n) is 2.26. The SMILES string of the molecule is COc1cc(CC(=O)Nc2nc(C)cnc2C)cc(OC)c1OC. The highest BCUT2D eigenvalue weighted by Crippen LogP contribution is 2.38. The summed E-state index contributed by atoms with van der Waals surface area (Å²) >= 11 is 0. The summed E-state index contributed by atoms with van der Waals surface area (Å²) < 4.78 is 15.9. The van der Waals surface area contributed by atoms with Gasteiger partial charge in [0.2, 0.25) is 11.7 Å². The molecule has 2 aromatic rings. The summed E-state index contributed by atoms with van der Waals surface area (Å²) in [5.74, 6) is 1.77. The largest absolute Gasteiger partial charge is 0.493 e. The summed E-state index contributed by atoms with van der Waals surface area (Å²) in [6.07, 6.45) is 1.80. The Morgan fingerprint density at radius 1 is 1.08 bits per heavy atom. The number of carbonyl (C=O) groups excluding carboxylic acids is 1. The number of nitrogens with zero attached hydrogens (tertiary/aromatic N) is 2. The number of ether oxygens (including phenoxy) is 3. The second-order valence-corrected chi connectivity index (χ2v) is 5.20. The van der Waals surface area contributed by atoms with E-state index in [9.17, 15) is 4.79 Å². The van der Waals surface area contributed by atoms with E-state index in [1.807, 2.05) is 6.92 Å². The number of carbonyl (C=O) groups is 1. The number of aryl methyl sites for hydroxylation is 2. The zero-order valence-corrected chi connectivity index (χ0v) is 14.5. The van der Waals surface area contributed by atoms with Gasteiger partial charge in [0.1, 0.15) is 0 Å². The van der Waals surface area contributed by atoms with Crippen LogP contribution in [0.1, 0.15) is 17.0 Å². The van der Waals surface area contributed by atoms with Crippen LogP contribution in [0, 0.1) is 13.8 Å². The van der Waals surface area contributed by atoms with E-state index in [-0.39, 0.29) is 12.3 Å². The van der Waals surface area contributed by atoms with Crippen molar-refractivity contribution in [3.8, 4) is 17.2 Å². The van der Waals surface area contributed by atoms with Crippen LogP contribution in [0.3, 0.4) is 0 Å². The zero-order valence-electron chi connectivity index (χ0n) is 14.5. The maximum absolute atomic E-state index is 12.3. The molecule has 0 aliphatic carbocycles. The van der Waals surface area contributed by atoms with E-state index in [4.69, 9.17) is 14.2 Å². The summed E-state index contributed by atoms with van der Waals surface area (Å²) in [5.41, 5.74) is 2.14. The van der Waals surface area contributed by atoms with Crippen molar-refractivity contribution >= 4 is 11.7 Å². The Morgan fingerprint density at radius 3 is 2.25 bits per heavy atom. The van der Waals surface area contributed by atoms with E-state index in [0.717, 1.165) is 11.3 Å². The van der Waals surface area contributed by atoms with Crippen molar-refractivity contribution in [3.05, 3.63) is 35.3 Å². The standard InChI is InChI=1S/C17H21N3O4/c1-10-9-18-11(2)17(19-10)20-15(21)8-12-6-13(22-3)16(24-5)14(7-12)23-4/h6-7,9H,8H2,1-5H3,(H,19,20,21). The van der Waals surface area contributed by atoms with E-state index < -0.39 is 0 Å². The fourth-order valence-corrected chi connectivity index (χ4v) is 2.26. The number of methoxy groups -OCH3 is 3. The molecule has 7 nitrogen and oxygen atoms in total. The van der Waals surface area contributed by atoms with Gasteiger partial charge < -0.3 is 19.5 Å². The average molecular weight is 331 g/mol. The minimum atomic E-state index is -0.202. The monoisotopic (exact) mass is 331 g/mol. The summed E-state index contributed by atoms with van der Waals surface area (Å²) in [6, 6.07) is 3.49. The number of nitrogens with one attached hydrogen (secondary N) is 1. The number of hydrogen-bond donors (Lipinski definition) is 1. The van der Waals surface area contributed by atoms with Crippen LogP contribution >= 0.6 is 0 Å². The average Bonchev–Trinajstić information content (AvgIpc) is 2.57. The van der Waals surface area contributed by atoms with Crippen LogP contribution < -0.4 is 19.5 Å². The Hall–Kier alpha value is -2.83. The Morgan fingerprint density at radius 2 is 1.71 bits per heavy atom. The molecule has 1 amide bonds. The lowest BCUT2D eigenvalue weighted by Gasteiger charge is -2.14. The highest BCUT2D eigenvalue weighted by molar-refractivity contribution is 5.92. The van der Waals surface area contributed by atoms with E-state index in [1.165, 1.54) is 21.3 Å². The second kappa shape index (κ2) is 7.63. The van der Waals surface area contributed by atoms with E-state index in [2.05, 4.69) is 15.3 Å². The molecule has 0 radical (unpaired) electrons. The third-order valence-corrected chi connectivity index (χ3v) is 3.42. The molecule has 0 spiro atoms. The van der Waals surface area contributed by atoms with Crippen molar-refractivity contribution in [2.24, 2.45) is 0 Å². The molecule has 0 bridgehead atoms. The lowest BCUT2D eigenvalue weighted by Crippen LogP contribution is -2.17. The van der Waals surface area contributed by atoms with Crippen molar-refractivity contribution in [2.45, 2.75) is 20.3 Å². The van der Waals surface area contributed by atoms with Crippen LogP contribution in [0.15, 0.2) is 18.3 Å². The molecular weight excluding hydrogens is 310 g/mol. The van der Waals surface area contributed by atoms with Crippen LogP contribution in [-0.2, 0) is 11.2 Å². The Labute approximate surface area is 141 Å². The summed E-state index contributed by atoms with van der Waals surface area (Å²) in [7, 11) is 4.60. The van der Waals surface area contributed by atoms with E-state index in [0.29, 0.717) is 28.8 Å². The van der Waals surface area contributed by atoms with Gasteiger partial charge in [-0.15, -0.1) is 0 Å². The molecule has 1 N–H and O–H groups in total. The van der Waals surface area contributed by atoms with Crippen LogP contribution in [0.2, 0.25) is 0 Å². The lowest BCUT2D eigenvalue weighted by molar-refractivity contribution is -0.115. The second-order valence-electron chi connectivity index (χ2n) is 5.20. The number of hydrogen-bond acceptors (Lipinski definition) is 6. The summed E-state index contributed by atoms with van der Waals surface area (Å²) in [4.78, 5) is 20.8. The van der Waals surface area contributed by atoms with Crippen LogP contribution in [-0.4, -0.2) is 37.2 Å². The van der Waals surface area contributed by atoms with Crippen LogP contribution in [0.5, 0.6) is 17.2 Å². The highest BCUT2D eigenvalue weighted by Gasteiger charge is 2.15. The first kappa shape index (κ1) is 17.5. The van der Waals surface area contributed by atoms with E-state index in [1.54, 1.807) is 25.3 Å². The van der Waals surface area contributed by atoms with Gasteiger partial charge in [-0.3, -0.25) is 9.78 Å². The number of amides is 1. The number of anilines is 1. The van der Waals surface area contributed by atoms with Crippen molar-refractivity contribution < 1.29 is 19.0 Å². The van der Waals surface area contributed by atoms with Gasteiger partial charge in [-0.05, 0) is 31.5 Å². The molecule has 128 valence electrons. The molecule has 0 unspecified atom stereocenters. The molecular formula is C17H21N3O4. The minimum Gasteiger partial charge on any atom is -0.493 e. The lowest BCUT2D eigenvalue weighted by atomic mass is 10.1. The van der Waals surface area contributed by atoms with Crippen molar-refractivity contribution in [3.63, 3.8) is 0 Å². The predicted octanol–water partition coefficient (Wildman–Crippen LogP) is 2.30. The molecule has 0 fully saturated rings. The molecule has 1 aromatic heterocycles. The molecule has 24 heavy (non-hydrogen) atoms. The van der Waals surface area contributed by atoms with Gasteiger partial charge in [0, 0.05) is 6.20 Å². The zero-order chi connectivity index (χ0) is 17.7. The Balaban J connectivity index is 2.21. The topological polar surface area (TPSA) is 82.6 Å². The summed E-state index contributed by atoms with van der Waals surface area (Å²) in [5, 5.41) is 2.78. The highest BCUT2D eigenvalue weighted by atomic mass is 16.5. The molecule has 7 heteroatoms. The van der Waals surface area contributed by atoms with Gasteiger partial charge >= 0.3 is 0 Å². The van der Waals surface area contributed by atoms with Gasteiger partial charge in [-0.1, -0.05) is 0 Å². The molecule has 2 rings (SSSR count). The first-order chi connectivity index (χ1) is 11.5. The number of rotatable bonds is 6. The van der Waals surface area contributed by atoms with Crippen molar-refractivity contribution in [1.82, 2.24) is 9.97 Å². The molecule has 0 atom stereocenters. The fraction of sp³-hybridized carbons (Fsp3) is 0.353. The Kier molecular flexibility index (Phi) is 5.57.